The van der Waals surface area contributed by atoms with Gasteiger partial charge in [0, 0.05) is 22.1 Å². The highest BCUT2D eigenvalue weighted by atomic mass is 79.9. The highest BCUT2D eigenvalue weighted by Gasteiger charge is 2.32. The molecule has 0 fully saturated rings. The van der Waals surface area contributed by atoms with E-state index in [0.29, 0.717) is 23.7 Å². The Morgan fingerprint density at radius 1 is 1.17 bits per heavy atom. The number of hydrogen-bond acceptors (Lipinski definition) is 7. The van der Waals surface area contributed by atoms with Gasteiger partial charge in [-0.3, -0.25) is 4.72 Å². The quantitative estimate of drug-likeness (QED) is 0.538. The molecule has 0 saturated heterocycles. The van der Waals surface area contributed by atoms with Gasteiger partial charge in [-0.25, -0.2) is 13.4 Å². The van der Waals surface area contributed by atoms with Gasteiger partial charge in [-0.2, -0.15) is 17.5 Å². The first-order chi connectivity index (χ1) is 14.1. The van der Waals surface area contributed by atoms with Crippen LogP contribution in [0.25, 0.3) is 0 Å². The van der Waals surface area contributed by atoms with Crippen LogP contribution in [0.4, 0.5) is 29.7 Å². The second-order valence-electron chi connectivity index (χ2n) is 6.15. The summed E-state index contributed by atoms with van der Waals surface area (Å²) in [5.74, 6) is 0.299. The Hall–Kier alpha value is -2.38. The SMILES string of the molecule is O=S(=O)(Nc1ncns1)c1ccc2c(c1)OCCN2c1ccc(C(F)(F)F)cc1Br. The van der Waals surface area contributed by atoms with Gasteiger partial charge in [0.15, 0.2) is 0 Å². The van der Waals surface area contributed by atoms with Crippen molar-refractivity contribution in [2.24, 2.45) is 0 Å². The van der Waals surface area contributed by atoms with E-state index >= 15 is 0 Å². The molecule has 0 amide bonds. The minimum atomic E-state index is -4.45. The molecule has 1 aromatic heterocycles. The number of fused-ring (bicyclic) bond motifs is 1. The standard InChI is InChI=1S/C17H12BrF3N4O3S2/c18-12-7-10(17(19,20)21)1-3-13(12)25-5-6-28-15-8-11(2-4-14(15)25)30(26,27)24-16-22-9-23-29-16/h1-4,7-9H,5-6H2,(H,22,23,24). The number of aromatic nitrogens is 2. The Kier molecular flexibility index (Phi) is 5.36. The minimum absolute atomic E-state index is 0.0372. The predicted molar refractivity (Wildman–Crippen MR) is 109 cm³/mol. The molecule has 3 aromatic rings. The van der Waals surface area contributed by atoms with E-state index < -0.39 is 21.8 Å². The summed E-state index contributed by atoms with van der Waals surface area (Å²) in [5.41, 5.74) is 0.280. The summed E-state index contributed by atoms with van der Waals surface area (Å²) < 4.78 is 75.9. The Labute approximate surface area is 181 Å². The monoisotopic (exact) mass is 520 g/mol. The van der Waals surface area contributed by atoms with E-state index in [1.165, 1.54) is 24.5 Å². The van der Waals surface area contributed by atoms with Crippen LogP contribution in [-0.4, -0.2) is 30.9 Å². The fraction of sp³-hybridized carbons (Fsp3) is 0.176. The maximum Gasteiger partial charge on any atom is 0.416 e. The van der Waals surface area contributed by atoms with Gasteiger partial charge < -0.3 is 9.64 Å². The lowest BCUT2D eigenvalue weighted by atomic mass is 10.1. The summed E-state index contributed by atoms with van der Waals surface area (Å²) >= 11 is 4.11. The second kappa shape index (κ2) is 7.71. The summed E-state index contributed by atoms with van der Waals surface area (Å²) in [6.07, 6.45) is -3.22. The lowest BCUT2D eigenvalue weighted by Gasteiger charge is -2.32. The van der Waals surface area contributed by atoms with E-state index in [2.05, 4.69) is 30.0 Å². The number of halogens is 4. The van der Waals surface area contributed by atoms with E-state index in [1.54, 1.807) is 11.0 Å². The fourth-order valence-electron chi connectivity index (χ4n) is 2.91. The number of alkyl halides is 3. The highest BCUT2D eigenvalue weighted by molar-refractivity contribution is 9.10. The first-order valence-electron chi connectivity index (χ1n) is 8.36. The molecule has 0 spiro atoms. The third-order valence-corrected chi connectivity index (χ3v) is 6.93. The smallest absolute Gasteiger partial charge is 0.416 e. The van der Waals surface area contributed by atoms with Gasteiger partial charge in [0.25, 0.3) is 10.0 Å². The number of hydrogen-bond donors (Lipinski definition) is 1. The molecule has 0 saturated carbocycles. The largest absolute Gasteiger partial charge is 0.489 e. The van der Waals surface area contributed by atoms with Crippen molar-refractivity contribution in [3.05, 3.63) is 52.8 Å². The number of nitrogens with one attached hydrogen (secondary N) is 1. The number of sulfonamides is 1. The molecule has 0 aliphatic carbocycles. The highest BCUT2D eigenvalue weighted by Crippen LogP contribution is 2.42. The van der Waals surface area contributed by atoms with Gasteiger partial charge in [0.05, 0.1) is 28.4 Å². The van der Waals surface area contributed by atoms with Crippen molar-refractivity contribution in [3.63, 3.8) is 0 Å². The Balaban J connectivity index is 1.67. The molecular weight excluding hydrogens is 509 g/mol. The normalized spacial score (nSPS) is 14.2. The van der Waals surface area contributed by atoms with Crippen LogP contribution in [0.1, 0.15) is 5.56 Å². The number of nitrogens with zero attached hydrogens (tertiary/aromatic N) is 3. The average molecular weight is 521 g/mol. The Morgan fingerprint density at radius 3 is 2.60 bits per heavy atom. The van der Waals surface area contributed by atoms with E-state index in [-0.39, 0.29) is 21.1 Å². The van der Waals surface area contributed by atoms with Crippen LogP contribution in [0.3, 0.4) is 0 Å². The number of anilines is 3. The van der Waals surface area contributed by atoms with Gasteiger partial charge in [0.1, 0.15) is 18.7 Å². The zero-order valence-corrected chi connectivity index (χ0v) is 18.1. The Morgan fingerprint density at radius 2 is 1.93 bits per heavy atom. The topological polar surface area (TPSA) is 84.4 Å². The van der Waals surface area contributed by atoms with Crippen molar-refractivity contribution >= 4 is 54.0 Å². The van der Waals surface area contributed by atoms with Crippen molar-refractivity contribution < 1.29 is 26.3 Å². The van der Waals surface area contributed by atoms with Crippen LogP contribution in [0.15, 0.2) is 52.1 Å². The number of benzene rings is 2. The lowest BCUT2D eigenvalue weighted by molar-refractivity contribution is -0.137. The molecule has 30 heavy (non-hydrogen) atoms. The molecule has 7 nitrogen and oxygen atoms in total. The van der Waals surface area contributed by atoms with Crippen molar-refractivity contribution in [2.75, 3.05) is 22.8 Å². The first kappa shape index (κ1) is 20.9. The van der Waals surface area contributed by atoms with Crippen LogP contribution in [0.5, 0.6) is 5.75 Å². The van der Waals surface area contributed by atoms with E-state index in [1.807, 2.05) is 0 Å². The van der Waals surface area contributed by atoms with Crippen molar-refractivity contribution in [1.29, 1.82) is 0 Å². The molecule has 0 unspecified atom stereocenters. The second-order valence-corrected chi connectivity index (χ2v) is 9.46. The van der Waals surface area contributed by atoms with Gasteiger partial charge in [-0.05, 0) is 46.3 Å². The zero-order valence-electron chi connectivity index (χ0n) is 14.9. The van der Waals surface area contributed by atoms with Gasteiger partial charge >= 0.3 is 6.18 Å². The van der Waals surface area contributed by atoms with Crippen LogP contribution in [-0.2, 0) is 16.2 Å². The molecule has 0 radical (unpaired) electrons. The predicted octanol–water partition coefficient (Wildman–Crippen LogP) is 4.65. The summed E-state index contributed by atoms with van der Waals surface area (Å²) in [4.78, 5) is 5.52. The summed E-state index contributed by atoms with van der Waals surface area (Å²) in [7, 11) is -3.90. The third kappa shape index (κ3) is 4.09. The molecular formula is C17H12BrF3N4O3S2. The van der Waals surface area contributed by atoms with E-state index in [0.717, 1.165) is 23.7 Å². The van der Waals surface area contributed by atoms with Crippen LogP contribution >= 0.6 is 27.5 Å². The van der Waals surface area contributed by atoms with Crippen LogP contribution in [0.2, 0.25) is 0 Å². The molecule has 1 aliphatic rings. The maximum absolute atomic E-state index is 12.9. The Bertz CT molecular complexity index is 1190. The van der Waals surface area contributed by atoms with Gasteiger partial charge in [-0.15, -0.1) is 0 Å². The number of rotatable bonds is 4. The number of ether oxygens (including phenoxy) is 1. The molecule has 13 heteroatoms. The molecule has 0 atom stereocenters. The molecule has 4 rings (SSSR count). The van der Waals surface area contributed by atoms with Crippen molar-refractivity contribution in [3.8, 4) is 5.75 Å². The molecule has 0 bridgehead atoms. The van der Waals surface area contributed by atoms with Crippen molar-refractivity contribution in [1.82, 2.24) is 9.36 Å². The molecule has 2 aromatic carbocycles. The minimum Gasteiger partial charge on any atom is -0.489 e. The average Bonchev–Trinajstić information content (AvgIpc) is 3.18. The molecule has 158 valence electrons. The first-order valence-corrected chi connectivity index (χ1v) is 11.4. The van der Waals surface area contributed by atoms with Crippen LogP contribution < -0.4 is 14.4 Å². The van der Waals surface area contributed by atoms with E-state index in [4.69, 9.17) is 4.74 Å². The molecule has 2 heterocycles. The van der Waals surface area contributed by atoms with E-state index in [9.17, 15) is 21.6 Å². The summed E-state index contributed by atoms with van der Waals surface area (Å²) in [6, 6.07) is 7.68. The molecule has 1 N–H and O–H groups in total. The summed E-state index contributed by atoms with van der Waals surface area (Å²) in [6.45, 7) is 0.611. The lowest BCUT2D eigenvalue weighted by Crippen LogP contribution is -2.29. The third-order valence-electron chi connectivity index (χ3n) is 4.25. The molecule has 1 aliphatic heterocycles. The van der Waals surface area contributed by atoms with Gasteiger partial charge in [0.2, 0.25) is 5.13 Å². The maximum atomic E-state index is 12.9. The van der Waals surface area contributed by atoms with Crippen LogP contribution in [0, 0.1) is 0 Å². The zero-order chi connectivity index (χ0) is 21.5. The summed E-state index contributed by atoms with van der Waals surface area (Å²) in [5, 5.41) is 0.129. The van der Waals surface area contributed by atoms with Gasteiger partial charge in [-0.1, -0.05) is 0 Å². The van der Waals surface area contributed by atoms with Crippen molar-refractivity contribution in [2.45, 2.75) is 11.1 Å². The fourth-order valence-corrected chi connectivity index (χ4v) is 5.18.